The van der Waals surface area contributed by atoms with Gasteiger partial charge < -0.3 is 10.1 Å². The molecule has 2 rings (SSSR count). The van der Waals surface area contributed by atoms with Crippen LogP contribution in [0.2, 0.25) is 5.02 Å². The molecule has 1 N–H and O–H groups in total. The Hall–Kier alpha value is -0.570. The highest BCUT2D eigenvalue weighted by Gasteiger charge is 2.16. The van der Waals surface area contributed by atoms with E-state index in [1.807, 2.05) is 18.2 Å². The van der Waals surface area contributed by atoms with E-state index in [9.17, 15) is 0 Å². The topological polar surface area (TPSA) is 21.3 Å². The number of hydrogen-bond acceptors (Lipinski definition) is 2. The molecule has 1 aromatic rings. The molecule has 1 aromatic carbocycles. The summed E-state index contributed by atoms with van der Waals surface area (Å²) in [6.07, 6.45) is 3.43. The summed E-state index contributed by atoms with van der Waals surface area (Å²) in [6, 6.07) is 8.89. The predicted octanol–water partition coefficient (Wildman–Crippen LogP) is 3.56. The maximum Gasteiger partial charge on any atom is 0.0480 e. The van der Waals surface area contributed by atoms with Crippen molar-refractivity contribution < 1.29 is 4.74 Å². The summed E-state index contributed by atoms with van der Waals surface area (Å²) in [4.78, 5) is 0. The van der Waals surface area contributed by atoms with Gasteiger partial charge in [-0.05, 0) is 37.8 Å². The third-order valence-corrected chi connectivity index (χ3v) is 3.65. The summed E-state index contributed by atoms with van der Waals surface area (Å²) in [6.45, 7) is 3.94. The van der Waals surface area contributed by atoms with Gasteiger partial charge >= 0.3 is 0 Å². The molecule has 0 saturated carbocycles. The van der Waals surface area contributed by atoms with Crippen LogP contribution in [0.4, 0.5) is 0 Å². The van der Waals surface area contributed by atoms with Crippen LogP contribution in [0.1, 0.15) is 37.8 Å². The Morgan fingerprint density at radius 1 is 1.29 bits per heavy atom. The van der Waals surface area contributed by atoms with Gasteiger partial charge in [0, 0.05) is 30.3 Å². The second-order valence-corrected chi connectivity index (χ2v) is 5.06. The third kappa shape index (κ3) is 3.70. The van der Waals surface area contributed by atoms with E-state index in [0.29, 0.717) is 12.1 Å². The Morgan fingerprint density at radius 2 is 2.12 bits per heavy atom. The van der Waals surface area contributed by atoms with Crippen molar-refractivity contribution >= 4 is 11.6 Å². The summed E-state index contributed by atoms with van der Waals surface area (Å²) in [7, 11) is 0. The van der Waals surface area contributed by atoms with Gasteiger partial charge in [-0.2, -0.15) is 0 Å². The van der Waals surface area contributed by atoms with E-state index in [2.05, 4.69) is 18.3 Å². The van der Waals surface area contributed by atoms with E-state index >= 15 is 0 Å². The lowest BCUT2D eigenvalue weighted by molar-refractivity contribution is 0.142. The van der Waals surface area contributed by atoms with Gasteiger partial charge in [-0.15, -0.1) is 0 Å². The molecule has 1 fully saturated rings. The van der Waals surface area contributed by atoms with Gasteiger partial charge in [-0.1, -0.05) is 29.8 Å². The SMILES string of the molecule is C[C@@H](NC1CCCOCC1)c1ccccc1Cl. The minimum absolute atomic E-state index is 0.298. The van der Waals surface area contributed by atoms with Crippen LogP contribution in [0.3, 0.4) is 0 Å². The number of ether oxygens (including phenoxy) is 1. The van der Waals surface area contributed by atoms with E-state index in [1.54, 1.807) is 0 Å². The standard InChI is InChI=1S/C14H20ClNO/c1-11(13-6-2-3-7-14(13)15)16-12-5-4-9-17-10-8-12/h2-3,6-7,11-12,16H,4-5,8-10H2,1H3/t11-,12?/m1/s1. The summed E-state index contributed by atoms with van der Waals surface area (Å²) >= 11 is 6.20. The van der Waals surface area contributed by atoms with Crippen LogP contribution in [0, 0.1) is 0 Å². The van der Waals surface area contributed by atoms with Gasteiger partial charge in [0.25, 0.3) is 0 Å². The number of halogens is 1. The molecule has 94 valence electrons. The number of benzene rings is 1. The molecule has 2 atom stereocenters. The molecular weight excluding hydrogens is 234 g/mol. The largest absolute Gasteiger partial charge is 0.381 e. The Bertz CT molecular complexity index is 348. The molecule has 0 spiro atoms. The smallest absolute Gasteiger partial charge is 0.0480 e. The Morgan fingerprint density at radius 3 is 2.94 bits per heavy atom. The quantitative estimate of drug-likeness (QED) is 0.889. The monoisotopic (exact) mass is 253 g/mol. The van der Waals surface area contributed by atoms with Crippen molar-refractivity contribution in [3.63, 3.8) is 0 Å². The van der Waals surface area contributed by atoms with Gasteiger partial charge in [-0.3, -0.25) is 0 Å². The molecule has 1 aliphatic heterocycles. The summed E-state index contributed by atoms with van der Waals surface area (Å²) in [5.74, 6) is 0. The molecule has 17 heavy (non-hydrogen) atoms. The van der Waals surface area contributed by atoms with E-state index in [-0.39, 0.29) is 0 Å². The van der Waals surface area contributed by atoms with Crippen molar-refractivity contribution in [2.75, 3.05) is 13.2 Å². The lowest BCUT2D eigenvalue weighted by atomic mass is 10.0. The van der Waals surface area contributed by atoms with Crippen LogP contribution in [0.5, 0.6) is 0 Å². The maximum absolute atomic E-state index is 6.20. The number of nitrogens with one attached hydrogen (secondary N) is 1. The summed E-state index contributed by atoms with van der Waals surface area (Å²) in [5, 5.41) is 4.50. The van der Waals surface area contributed by atoms with E-state index in [0.717, 1.165) is 31.1 Å². The Balaban J connectivity index is 1.96. The van der Waals surface area contributed by atoms with Crippen LogP contribution in [-0.4, -0.2) is 19.3 Å². The highest BCUT2D eigenvalue weighted by atomic mass is 35.5. The lowest BCUT2D eigenvalue weighted by Crippen LogP contribution is -2.31. The van der Waals surface area contributed by atoms with Crippen molar-refractivity contribution in [2.24, 2.45) is 0 Å². The molecule has 1 heterocycles. The van der Waals surface area contributed by atoms with Gasteiger partial charge in [-0.25, -0.2) is 0 Å². The predicted molar refractivity (Wildman–Crippen MR) is 71.5 cm³/mol. The molecule has 0 bridgehead atoms. The molecule has 0 aromatic heterocycles. The van der Waals surface area contributed by atoms with E-state index in [1.165, 1.54) is 12.0 Å². The van der Waals surface area contributed by atoms with E-state index < -0.39 is 0 Å². The summed E-state index contributed by atoms with van der Waals surface area (Å²) in [5.41, 5.74) is 1.18. The fourth-order valence-corrected chi connectivity index (χ4v) is 2.64. The zero-order valence-electron chi connectivity index (χ0n) is 10.3. The molecule has 2 nitrogen and oxygen atoms in total. The fourth-order valence-electron chi connectivity index (χ4n) is 2.34. The van der Waals surface area contributed by atoms with Gasteiger partial charge in [0.05, 0.1) is 0 Å². The first-order chi connectivity index (χ1) is 8.27. The minimum atomic E-state index is 0.298. The second-order valence-electron chi connectivity index (χ2n) is 4.65. The summed E-state index contributed by atoms with van der Waals surface area (Å²) < 4.78 is 5.47. The lowest BCUT2D eigenvalue weighted by Gasteiger charge is -2.22. The van der Waals surface area contributed by atoms with Crippen molar-refractivity contribution in [2.45, 2.75) is 38.3 Å². The zero-order chi connectivity index (χ0) is 12.1. The van der Waals surface area contributed by atoms with E-state index in [4.69, 9.17) is 16.3 Å². The van der Waals surface area contributed by atoms with Crippen LogP contribution in [0.15, 0.2) is 24.3 Å². The third-order valence-electron chi connectivity index (χ3n) is 3.31. The minimum Gasteiger partial charge on any atom is -0.381 e. The average molecular weight is 254 g/mol. The normalized spacial score (nSPS) is 23.1. The van der Waals surface area contributed by atoms with Crippen LogP contribution < -0.4 is 5.32 Å². The van der Waals surface area contributed by atoms with Crippen molar-refractivity contribution in [3.05, 3.63) is 34.9 Å². The van der Waals surface area contributed by atoms with Crippen molar-refractivity contribution in [1.82, 2.24) is 5.32 Å². The molecular formula is C14H20ClNO. The highest BCUT2D eigenvalue weighted by Crippen LogP contribution is 2.23. The molecule has 0 radical (unpaired) electrons. The van der Waals surface area contributed by atoms with Crippen molar-refractivity contribution in [1.29, 1.82) is 0 Å². The number of rotatable bonds is 3. The van der Waals surface area contributed by atoms with Gasteiger partial charge in [0.1, 0.15) is 0 Å². The highest BCUT2D eigenvalue weighted by molar-refractivity contribution is 6.31. The fraction of sp³-hybridized carbons (Fsp3) is 0.571. The van der Waals surface area contributed by atoms with Gasteiger partial charge in [0.15, 0.2) is 0 Å². The zero-order valence-corrected chi connectivity index (χ0v) is 11.0. The average Bonchev–Trinajstić information content (AvgIpc) is 2.58. The van der Waals surface area contributed by atoms with Crippen LogP contribution >= 0.6 is 11.6 Å². The Kier molecular flexibility index (Phi) is 4.84. The molecule has 1 saturated heterocycles. The number of hydrogen-bond donors (Lipinski definition) is 1. The first-order valence-corrected chi connectivity index (χ1v) is 6.73. The maximum atomic E-state index is 6.20. The second kappa shape index (κ2) is 6.39. The molecule has 1 aliphatic rings. The molecule has 3 heteroatoms. The first-order valence-electron chi connectivity index (χ1n) is 6.35. The van der Waals surface area contributed by atoms with Gasteiger partial charge in [0.2, 0.25) is 0 Å². The van der Waals surface area contributed by atoms with Crippen molar-refractivity contribution in [3.8, 4) is 0 Å². The first kappa shape index (κ1) is 12.9. The molecule has 0 amide bonds. The Labute approximate surface area is 108 Å². The van der Waals surface area contributed by atoms with Crippen LogP contribution in [-0.2, 0) is 4.74 Å². The van der Waals surface area contributed by atoms with Crippen LogP contribution in [0.25, 0.3) is 0 Å². The molecule has 0 aliphatic carbocycles. The molecule has 1 unspecified atom stereocenters.